The summed E-state index contributed by atoms with van der Waals surface area (Å²) < 4.78 is 10.1. The van der Waals surface area contributed by atoms with Gasteiger partial charge in [0.1, 0.15) is 0 Å². The van der Waals surface area contributed by atoms with E-state index < -0.39 is 11.9 Å². The van der Waals surface area contributed by atoms with Crippen LogP contribution < -0.4 is 0 Å². The predicted octanol–water partition coefficient (Wildman–Crippen LogP) is 3.21. The van der Waals surface area contributed by atoms with E-state index in [1.165, 1.54) is 0 Å². The standard InChI is InChI=1S/C15H20O4/c1-3-5-8-11-19-15(17)13-10-7-6-9-12(13)14(16)18-4-2/h6-7,9-10H,3-5,8,11H2,1-2H3. The van der Waals surface area contributed by atoms with E-state index in [4.69, 9.17) is 9.47 Å². The van der Waals surface area contributed by atoms with Crippen LogP contribution in [0.1, 0.15) is 53.8 Å². The van der Waals surface area contributed by atoms with Gasteiger partial charge in [-0.25, -0.2) is 9.59 Å². The minimum atomic E-state index is -0.497. The van der Waals surface area contributed by atoms with Gasteiger partial charge < -0.3 is 9.47 Å². The van der Waals surface area contributed by atoms with E-state index in [1.54, 1.807) is 31.2 Å². The number of hydrogen-bond donors (Lipinski definition) is 0. The molecule has 4 heteroatoms. The first-order chi connectivity index (χ1) is 9.20. The first kappa shape index (κ1) is 15.2. The van der Waals surface area contributed by atoms with Crippen LogP contribution >= 0.6 is 0 Å². The summed E-state index contributed by atoms with van der Waals surface area (Å²) in [5.41, 5.74) is 0.516. The number of ether oxygens (including phenoxy) is 2. The Kier molecular flexibility index (Phi) is 6.64. The third-order valence-corrected chi connectivity index (χ3v) is 2.62. The van der Waals surface area contributed by atoms with Gasteiger partial charge in [0.2, 0.25) is 0 Å². The van der Waals surface area contributed by atoms with Crippen molar-refractivity contribution in [3.8, 4) is 0 Å². The second kappa shape index (κ2) is 8.29. The highest BCUT2D eigenvalue weighted by atomic mass is 16.5. The molecule has 0 aliphatic rings. The fourth-order valence-corrected chi connectivity index (χ4v) is 1.64. The molecule has 0 aliphatic carbocycles. The van der Waals surface area contributed by atoms with Crippen molar-refractivity contribution in [2.24, 2.45) is 0 Å². The summed E-state index contributed by atoms with van der Waals surface area (Å²) in [6, 6.07) is 6.54. The van der Waals surface area contributed by atoms with Crippen molar-refractivity contribution in [1.82, 2.24) is 0 Å². The maximum atomic E-state index is 11.9. The van der Waals surface area contributed by atoms with E-state index in [2.05, 4.69) is 6.92 Å². The minimum Gasteiger partial charge on any atom is -0.462 e. The highest BCUT2D eigenvalue weighted by Gasteiger charge is 2.18. The van der Waals surface area contributed by atoms with Crippen molar-refractivity contribution >= 4 is 11.9 Å². The smallest absolute Gasteiger partial charge is 0.339 e. The average molecular weight is 264 g/mol. The number of rotatable bonds is 7. The van der Waals surface area contributed by atoms with E-state index in [-0.39, 0.29) is 17.7 Å². The Balaban J connectivity index is 2.71. The second-order valence-corrected chi connectivity index (χ2v) is 4.11. The van der Waals surface area contributed by atoms with Gasteiger partial charge in [0, 0.05) is 0 Å². The van der Waals surface area contributed by atoms with Crippen LogP contribution in [0.15, 0.2) is 24.3 Å². The summed E-state index contributed by atoms with van der Waals surface area (Å²) >= 11 is 0. The molecule has 0 fully saturated rings. The SMILES string of the molecule is CCCCCOC(=O)c1ccccc1C(=O)OCC. The Bertz CT molecular complexity index is 426. The van der Waals surface area contributed by atoms with Gasteiger partial charge in [0.25, 0.3) is 0 Å². The van der Waals surface area contributed by atoms with Gasteiger partial charge in [-0.1, -0.05) is 31.9 Å². The largest absolute Gasteiger partial charge is 0.462 e. The van der Waals surface area contributed by atoms with E-state index >= 15 is 0 Å². The third kappa shape index (κ3) is 4.73. The lowest BCUT2D eigenvalue weighted by molar-refractivity contribution is 0.0463. The summed E-state index contributed by atoms with van der Waals surface area (Å²) in [5.74, 6) is -0.969. The fourth-order valence-electron chi connectivity index (χ4n) is 1.64. The highest BCUT2D eigenvalue weighted by Crippen LogP contribution is 2.12. The molecule has 0 saturated carbocycles. The molecule has 0 aliphatic heterocycles. The van der Waals surface area contributed by atoms with Crippen LogP contribution in [0.2, 0.25) is 0 Å². The molecular formula is C15H20O4. The van der Waals surface area contributed by atoms with E-state index in [0.29, 0.717) is 6.61 Å². The van der Waals surface area contributed by atoms with Crippen molar-refractivity contribution in [2.75, 3.05) is 13.2 Å². The lowest BCUT2D eigenvalue weighted by atomic mass is 10.1. The van der Waals surface area contributed by atoms with Crippen LogP contribution in [0, 0.1) is 0 Å². The fraction of sp³-hybridized carbons (Fsp3) is 0.467. The number of benzene rings is 1. The van der Waals surface area contributed by atoms with Crippen LogP contribution in [0.25, 0.3) is 0 Å². The minimum absolute atomic E-state index is 0.254. The van der Waals surface area contributed by atoms with Crippen LogP contribution in [0.4, 0.5) is 0 Å². The normalized spacial score (nSPS) is 10.0. The first-order valence-electron chi connectivity index (χ1n) is 6.64. The van der Waals surface area contributed by atoms with Gasteiger partial charge in [-0.3, -0.25) is 0 Å². The van der Waals surface area contributed by atoms with E-state index in [0.717, 1.165) is 19.3 Å². The molecule has 0 heterocycles. The van der Waals surface area contributed by atoms with Crippen molar-refractivity contribution in [3.05, 3.63) is 35.4 Å². The summed E-state index contributed by atoms with van der Waals surface area (Å²) in [6.07, 6.45) is 2.92. The van der Waals surface area contributed by atoms with Gasteiger partial charge in [-0.15, -0.1) is 0 Å². The molecule has 104 valence electrons. The van der Waals surface area contributed by atoms with Crippen LogP contribution in [0.5, 0.6) is 0 Å². The van der Waals surface area contributed by atoms with Gasteiger partial charge in [-0.05, 0) is 25.5 Å². The molecule has 0 amide bonds. The lowest BCUT2D eigenvalue weighted by Gasteiger charge is -2.08. The molecule has 0 bridgehead atoms. The zero-order chi connectivity index (χ0) is 14.1. The number of carbonyl (C=O) groups excluding carboxylic acids is 2. The average Bonchev–Trinajstić information content (AvgIpc) is 2.43. The Morgan fingerprint density at radius 3 is 2.05 bits per heavy atom. The Labute approximate surface area is 113 Å². The third-order valence-electron chi connectivity index (χ3n) is 2.62. The molecule has 0 unspecified atom stereocenters. The van der Waals surface area contributed by atoms with Crippen LogP contribution in [-0.4, -0.2) is 25.2 Å². The Morgan fingerprint density at radius 2 is 1.53 bits per heavy atom. The van der Waals surface area contributed by atoms with Gasteiger partial charge in [0.05, 0.1) is 24.3 Å². The van der Waals surface area contributed by atoms with Crippen molar-refractivity contribution in [3.63, 3.8) is 0 Å². The molecule has 0 radical (unpaired) electrons. The molecule has 0 spiro atoms. The number of hydrogen-bond acceptors (Lipinski definition) is 4. The second-order valence-electron chi connectivity index (χ2n) is 4.11. The highest BCUT2D eigenvalue weighted by molar-refractivity contribution is 6.03. The monoisotopic (exact) mass is 264 g/mol. The van der Waals surface area contributed by atoms with Crippen LogP contribution in [0.3, 0.4) is 0 Å². The molecule has 0 N–H and O–H groups in total. The van der Waals surface area contributed by atoms with E-state index in [1.807, 2.05) is 0 Å². The van der Waals surface area contributed by atoms with Crippen molar-refractivity contribution < 1.29 is 19.1 Å². The zero-order valence-corrected chi connectivity index (χ0v) is 11.5. The molecule has 1 aromatic carbocycles. The van der Waals surface area contributed by atoms with Gasteiger partial charge >= 0.3 is 11.9 Å². The maximum absolute atomic E-state index is 11.9. The zero-order valence-electron chi connectivity index (χ0n) is 11.5. The summed E-state index contributed by atoms with van der Waals surface area (Å²) in [7, 11) is 0. The number of esters is 2. The number of unbranched alkanes of at least 4 members (excludes halogenated alkanes) is 2. The molecule has 1 aromatic rings. The van der Waals surface area contributed by atoms with Crippen LogP contribution in [-0.2, 0) is 9.47 Å². The maximum Gasteiger partial charge on any atom is 0.339 e. The molecule has 0 saturated heterocycles. The van der Waals surface area contributed by atoms with Gasteiger partial charge in [0.15, 0.2) is 0 Å². The Morgan fingerprint density at radius 1 is 0.947 bits per heavy atom. The molecule has 0 atom stereocenters. The predicted molar refractivity (Wildman–Crippen MR) is 72.2 cm³/mol. The molecule has 19 heavy (non-hydrogen) atoms. The topological polar surface area (TPSA) is 52.6 Å². The summed E-state index contributed by atoms with van der Waals surface area (Å²) in [6.45, 7) is 4.46. The summed E-state index contributed by atoms with van der Waals surface area (Å²) in [5, 5.41) is 0. The van der Waals surface area contributed by atoms with Crippen molar-refractivity contribution in [1.29, 1.82) is 0 Å². The molecule has 0 aromatic heterocycles. The first-order valence-corrected chi connectivity index (χ1v) is 6.64. The van der Waals surface area contributed by atoms with Gasteiger partial charge in [-0.2, -0.15) is 0 Å². The molecular weight excluding hydrogens is 244 g/mol. The van der Waals surface area contributed by atoms with Crippen molar-refractivity contribution in [2.45, 2.75) is 33.1 Å². The molecule has 4 nitrogen and oxygen atoms in total. The number of carbonyl (C=O) groups is 2. The lowest BCUT2D eigenvalue weighted by Crippen LogP contribution is -2.14. The van der Waals surface area contributed by atoms with E-state index in [9.17, 15) is 9.59 Å². The summed E-state index contributed by atoms with van der Waals surface area (Å²) in [4.78, 5) is 23.6. The quantitative estimate of drug-likeness (QED) is 0.560. The Hall–Kier alpha value is -1.84. The molecule has 1 rings (SSSR count).